The molecule has 0 unspecified atom stereocenters. The number of hydrogen-bond donors (Lipinski definition) is 8. The Balaban J connectivity index is 1.63. The number of rotatable bonds is 23. The van der Waals surface area contributed by atoms with E-state index in [1.807, 2.05) is 44.2 Å². The molecular weight excluding hydrogens is 628 g/mol. The molecule has 270 valence electrons. The summed E-state index contributed by atoms with van der Waals surface area (Å²) >= 11 is 0. The Hall–Kier alpha value is -4.33. The summed E-state index contributed by atoms with van der Waals surface area (Å²) in [6.45, 7) is 4.28. The van der Waals surface area contributed by atoms with Crippen molar-refractivity contribution in [3.8, 4) is 0 Å². The van der Waals surface area contributed by atoms with E-state index in [1.54, 1.807) is 29.7 Å². The molecule has 3 atom stereocenters. The fourth-order valence-electron chi connectivity index (χ4n) is 5.14. The van der Waals surface area contributed by atoms with Gasteiger partial charge in [0, 0.05) is 43.2 Å². The second-order valence-electron chi connectivity index (χ2n) is 12.7. The highest BCUT2D eigenvalue weighted by Gasteiger charge is 2.28. The molecule has 0 heterocycles. The molecule has 49 heavy (non-hydrogen) atoms. The van der Waals surface area contributed by atoms with Gasteiger partial charge in [-0.1, -0.05) is 63.4 Å². The van der Waals surface area contributed by atoms with Gasteiger partial charge in [0.05, 0.1) is 0 Å². The lowest BCUT2D eigenvalue weighted by Crippen LogP contribution is -2.54. The van der Waals surface area contributed by atoms with Crippen LogP contribution in [0.2, 0.25) is 0 Å². The van der Waals surface area contributed by atoms with Crippen molar-refractivity contribution >= 4 is 40.9 Å². The largest absolute Gasteiger partial charge is 0.382 e. The fourth-order valence-corrected chi connectivity index (χ4v) is 5.14. The zero-order chi connectivity index (χ0) is 36.0. The Morgan fingerprint density at radius 2 is 1.20 bits per heavy atom. The van der Waals surface area contributed by atoms with Gasteiger partial charge in [0.15, 0.2) is 0 Å². The highest BCUT2D eigenvalue weighted by molar-refractivity contribution is 5.93. The van der Waals surface area contributed by atoms with Crippen molar-refractivity contribution in [1.29, 1.82) is 0 Å². The van der Waals surface area contributed by atoms with E-state index in [1.165, 1.54) is 0 Å². The number of anilines is 2. The summed E-state index contributed by atoms with van der Waals surface area (Å²) < 4.78 is 0. The summed E-state index contributed by atoms with van der Waals surface area (Å²) in [5, 5.41) is 30.2. The van der Waals surface area contributed by atoms with E-state index in [4.69, 9.17) is 10.9 Å². The van der Waals surface area contributed by atoms with E-state index in [0.29, 0.717) is 75.7 Å². The van der Waals surface area contributed by atoms with Gasteiger partial charge in [0.1, 0.15) is 12.1 Å². The number of aliphatic hydroxyl groups excluding tert-OH is 1. The predicted molar refractivity (Wildman–Crippen MR) is 188 cm³/mol. The Labute approximate surface area is 289 Å². The average Bonchev–Trinajstić information content (AvgIpc) is 3.07. The van der Waals surface area contributed by atoms with Crippen molar-refractivity contribution in [2.24, 2.45) is 11.7 Å². The summed E-state index contributed by atoms with van der Waals surface area (Å²) in [6.07, 6.45) is 5.14. The molecule has 0 aliphatic carbocycles. The number of unbranched alkanes of at least 4 members (excludes halogenated alkanes) is 5. The molecule has 0 saturated heterocycles. The monoisotopic (exact) mass is 682 g/mol. The Morgan fingerprint density at radius 1 is 0.694 bits per heavy atom. The molecule has 2 aromatic rings. The minimum Gasteiger partial charge on any atom is -0.382 e. The number of amides is 5. The van der Waals surface area contributed by atoms with E-state index < -0.39 is 30.0 Å². The van der Waals surface area contributed by atoms with Crippen LogP contribution in [0.5, 0.6) is 0 Å². The molecule has 0 spiro atoms. The number of nitrogens with one attached hydrogen (secondary N) is 5. The molecular formula is C36H54N6O7. The number of carbonyl (C=O) groups is 5. The molecule has 0 bridgehead atoms. The minimum atomic E-state index is -1.46. The Kier molecular flexibility index (Phi) is 19.3. The Morgan fingerprint density at radius 3 is 1.71 bits per heavy atom. The van der Waals surface area contributed by atoms with Crippen LogP contribution in [0.3, 0.4) is 0 Å². The number of carbonyl (C=O) groups excluding carboxylic acids is 5. The lowest BCUT2D eigenvalue weighted by molar-refractivity contribution is -0.135. The molecule has 0 aliphatic rings. The van der Waals surface area contributed by atoms with E-state index in [2.05, 4.69) is 21.3 Å². The van der Waals surface area contributed by atoms with Gasteiger partial charge >= 0.3 is 0 Å². The molecule has 13 heteroatoms. The topological polar surface area (TPSA) is 212 Å². The number of benzene rings is 2. The van der Waals surface area contributed by atoms with Crippen LogP contribution in [0.4, 0.5) is 11.4 Å². The van der Waals surface area contributed by atoms with Gasteiger partial charge in [-0.25, -0.2) is 5.48 Å². The highest BCUT2D eigenvalue weighted by Crippen LogP contribution is 2.16. The molecule has 0 saturated carbocycles. The van der Waals surface area contributed by atoms with Crippen molar-refractivity contribution in [3.63, 3.8) is 0 Å². The highest BCUT2D eigenvalue weighted by atomic mass is 16.5. The normalized spacial score (nSPS) is 12.8. The maximum absolute atomic E-state index is 12.9. The van der Waals surface area contributed by atoms with Crippen molar-refractivity contribution in [1.82, 2.24) is 16.1 Å². The fraction of sp³-hybridized carbons (Fsp3) is 0.528. The molecule has 0 aromatic heterocycles. The first-order valence-corrected chi connectivity index (χ1v) is 17.2. The van der Waals surface area contributed by atoms with E-state index in [9.17, 15) is 29.1 Å². The van der Waals surface area contributed by atoms with Gasteiger partial charge in [-0.05, 0) is 74.3 Å². The maximum Gasteiger partial charge on any atom is 0.251 e. The third kappa shape index (κ3) is 17.6. The van der Waals surface area contributed by atoms with Crippen LogP contribution in [0.1, 0.15) is 90.0 Å². The summed E-state index contributed by atoms with van der Waals surface area (Å²) in [7, 11) is 0. The van der Waals surface area contributed by atoms with Crippen LogP contribution in [0.15, 0.2) is 54.6 Å². The molecule has 0 radical (unpaired) electrons. The van der Waals surface area contributed by atoms with Gasteiger partial charge in [0.2, 0.25) is 23.6 Å². The SMILES string of the molecule is CC(C)C[C@H](NC(=O)[C@@H](O)[C@H](N)Cc1ccccc1)C(=O)NCCCCCC(=O)Nc1ccc(NC(=O)CCCCCCC(=O)NO)cc1. The summed E-state index contributed by atoms with van der Waals surface area (Å²) in [6, 6.07) is 14.6. The van der Waals surface area contributed by atoms with E-state index in [-0.39, 0.29) is 30.1 Å². The average molecular weight is 683 g/mol. The molecule has 2 rings (SSSR count). The van der Waals surface area contributed by atoms with Crippen molar-refractivity contribution < 1.29 is 34.3 Å². The first kappa shape index (κ1) is 40.8. The van der Waals surface area contributed by atoms with Gasteiger partial charge in [-0.15, -0.1) is 0 Å². The number of hydroxylamine groups is 1. The van der Waals surface area contributed by atoms with Gasteiger partial charge in [-0.2, -0.15) is 0 Å². The first-order valence-electron chi connectivity index (χ1n) is 17.2. The lowest BCUT2D eigenvalue weighted by atomic mass is 9.99. The van der Waals surface area contributed by atoms with Crippen molar-refractivity contribution in [3.05, 3.63) is 60.2 Å². The molecule has 0 fully saturated rings. The van der Waals surface area contributed by atoms with Crippen LogP contribution in [-0.2, 0) is 30.4 Å². The van der Waals surface area contributed by atoms with Crippen molar-refractivity contribution in [2.75, 3.05) is 17.2 Å². The van der Waals surface area contributed by atoms with Crippen LogP contribution in [0, 0.1) is 5.92 Å². The maximum atomic E-state index is 12.9. The van der Waals surface area contributed by atoms with Gasteiger partial charge in [-0.3, -0.25) is 29.2 Å². The van der Waals surface area contributed by atoms with Crippen LogP contribution >= 0.6 is 0 Å². The predicted octanol–water partition coefficient (Wildman–Crippen LogP) is 3.55. The second kappa shape index (κ2) is 23.1. The quantitative estimate of drug-likeness (QED) is 0.0492. The summed E-state index contributed by atoms with van der Waals surface area (Å²) in [5.41, 5.74) is 9.83. The molecule has 2 aromatic carbocycles. The van der Waals surface area contributed by atoms with Gasteiger partial charge < -0.3 is 32.1 Å². The van der Waals surface area contributed by atoms with Crippen molar-refractivity contribution in [2.45, 2.75) is 109 Å². The second-order valence-corrected chi connectivity index (χ2v) is 12.7. The van der Waals surface area contributed by atoms with Crippen LogP contribution in [0.25, 0.3) is 0 Å². The summed E-state index contributed by atoms with van der Waals surface area (Å²) in [4.78, 5) is 61.2. The summed E-state index contributed by atoms with van der Waals surface area (Å²) in [5.74, 6) is -1.54. The van der Waals surface area contributed by atoms with E-state index >= 15 is 0 Å². The van der Waals surface area contributed by atoms with Crippen LogP contribution < -0.4 is 32.5 Å². The molecule has 5 amide bonds. The molecule has 13 nitrogen and oxygen atoms in total. The standard InChI is InChI=1S/C36H54N6O7/c1-25(2)23-30(41-36(48)34(46)29(37)24-26-13-7-5-8-14-26)35(47)38-22-12-6-11-16-32(44)40-28-20-18-27(19-21-28)39-31(43)15-9-3-4-10-17-33(45)42-49/h5,7-8,13-14,18-21,25,29-30,34,46,49H,3-4,6,9-12,15-17,22-24,37H2,1-2H3,(H,38,47)(H,39,43)(H,40,44)(H,41,48)(H,42,45)/t29-,30+,34+/m1/s1. The van der Waals surface area contributed by atoms with Crippen LogP contribution in [-0.4, -0.2) is 64.6 Å². The van der Waals surface area contributed by atoms with E-state index in [0.717, 1.165) is 18.4 Å². The lowest BCUT2D eigenvalue weighted by Gasteiger charge is -2.24. The first-order chi connectivity index (χ1) is 23.5. The zero-order valence-corrected chi connectivity index (χ0v) is 28.7. The third-order valence-electron chi connectivity index (χ3n) is 7.84. The third-order valence-corrected chi connectivity index (χ3v) is 7.84. The van der Waals surface area contributed by atoms with Gasteiger partial charge in [0.25, 0.3) is 5.91 Å². The number of hydrogen-bond acceptors (Lipinski definition) is 8. The number of aliphatic hydroxyl groups is 1. The smallest absolute Gasteiger partial charge is 0.251 e. The Bertz CT molecular complexity index is 1310. The molecule has 9 N–H and O–H groups in total. The molecule has 0 aliphatic heterocycles. The zero-order valence-electron chi connectivity index (χ0n) is 28.7. The minimum absolute atomic E-state index is 0.112. The number of nitrogens with two attached hydrogens (primary N) is 1.